The van der Waals surface area contributed by atoms with Crippen LogP contribution in [0.1, 0.15) is 168 Å². The van der Waals surface area contributed by atoms with Gasteiger partial charge in [0, 0.05) is 37.3 Å². The summed E-state index contributed by atoms with van der Waals surface area (Å²) >= 11 is 0. The van der Waals surface area contributed by atoms with E-state index < -0.39 is 120 Å². The Hall–Kier alpha value is -2.88. The van der Waals surface area contributed by atoms with E-state index in [-0.39, 0.29) is 25.1 Å². The van der Waals surface area contributed by atoms with Crippen LogP contribution >= 0.6 is 15.6 Å². The number of anilines is 1. The van der Waals surface area contributed by atoms with Crippen LogP contribution < -0.4 is 11.4 Å². The molecule has 0 aliphatic carbocycles. The number of esters is 2. The maximum atomic E-state index is 13.3. The monoisotopic (exact) mass is 1050 g/mol. The Labute approximate surface area is 418 Å². The first-order valence-electron chi connectivity index (χ1n) is 25.6. The Bertz CT molecular complexity index is 1910. The molecular formula is C48H83N3O18P2. The Morgan fingerprint density at radius 1 is 0.859 bits per heavy atom. The number of ether oxygens (including phenoxy) is 3. The summed E-state index contributed by atoms with van der Waals surface area (Å²) in [7, 11) is -11.3. The van der Waals surface area contributed by atoms with E-state index in [1.54, 1.807) is 0 Å². The third kappa shape index (κ3) is 24.8. The second kappa shape index (κ2) is 33.8. The highest BCUT2D eigenvalue weighted by molar-refractivity contribution is 7.61. The minimum absolute atomic E-state index is 0.0781. The van der Waals surface area contributed by atoms with Gasteiger partial charge in [-0.3, -0.25) is 23.2 Å². The lowest BCUT2D eigenvalue weighted by molar-refractivity contribution is -0.195. The predicted molar refractivity (Wildman–Crippen MR) is 263 cm³/mol. The maximum absolute atomic E-state index is 13.3. The number of phosphoric ester groups is 2. The Kier molecular flexibility index (Phi) is 29.7. The first kappa shape index (κ1) is 62.4. The van der Waals surface area contributed by atoms with Gasteiger partial charge in [-0.25, -0.2) is 13.9 Å². The number of aromatic nitrogens is 2. The van der Waals surface area contributed by atoms with Crippen molar-refractivity contribution in [3.63, 3.8) is 0 Å². The standard InChI is InChI=1S/C48H83N3O18P2/c1-3-5-7-8-9-10-11-12-13-14-15-16-21-25-43(55)64-32-36-33-65-70(60,61)69-71(62,63)66-34-41-46(58)45(57)37(28-27-35(52)23-19-6-4-2)39(53)31-40(54)38(24-20-17-18-22-26-44(56)67-36)47(68-41)51-30-29-42(49)50-48(51)59/h10-11,27-30,35-41,45-47,52-54,57-58H,3-9,12-26,31-34H2,1-2H3,(H,60,61)(H,62,63)(H2,49,50,59)/b11-10-,28-27-/t35-,36+,37-,38-,39+,40-,41+,45-,46+,47+/m0/s1. The molecule has 0 amide bonds. The highest BCUT2D eigenvalue weighted by Crippen LogP contribution is 2.60. The molecule has 408 valence electrons. The number of hydrogen-bond donors (Lipinski definition) is 8. The van der Waals surface area contributed by atoms with Gasteiger partial charge in [-0.15, -0.1) is 0 Å². The van der Waals surface area contributed by atoms with Gasteiger partial charge in [0.05, 0.1) is 37.6 Å². The molecule has 2 fully saturated rings. The van der Waals surface area contributed by atoms with Crippen LogP contribution in [0, 0.1) is 11.8 Å². The normalized spacial score (nSPS) is 30.8. The first-order chi connectivity index (χ1) is 33.9. The number of unbranched alkanes of at least 4 members (excludes halogenated alkanes) is 11. The minimum atomic E-state index is -5.69. The first-order valence-corrected chi connectivity index (χ1v) is 28.6. The number of nitrogen functional groups attached to an aromatic ring is 1. The number of allylic oxidation sites excluding steroid dienone is 2. The van der Waals surface area contributed by atoms with Gasteiger partial charge in [0.1, 0.15) is 30.9 Å². The van der Waals surface area contributed by atoms with Crippen molar-refractivity contribution >= 4 is 33.4 Å². The quantitative estimate of drug-likeness (QED) is 0.0262. The van der Waals surface area contributed by atoms with Crippen molar-refractivity contribution in [3.05, 3.63) is 47.1 Å². The molecule has 9 N–H and O–H groups in total. The van der Waals surface area contributed by atoms with Gasteiger partial charge in [0.25, 0.3) is 0 Å². The lowest BCUT2D eigenvalue weighted by atomic mass is 9.82. The summed E-state index contributed by atoms with van der Waals surface area (Å²) in [5.74, 6) is -3.98. The topological polar surface area (TPSA) is 326 Å². The summed E-state index contributed by atoms with van der Waals surface area (Å²) in [6.45, 7) is 1.52. The van der Waals surface area contributed by atoms with Crippen molar-refractivity contribution in [2.75, 3.05) is 25.6 Å². The lowest BCUT2D eigenvalue weighted by Crippen LogP contribution is -2.52. The molecule has 71 heavy (non-hydrogen) atoms. The summed E-state index contributed by atoms with van der Waals surface area (Å²) in [5.41, 5.74) is 4.81. The number of carbonyl (C=O) groups is 2. The van der Waals surface area contributed by atoms with Gasteiger partial charge >= 0.3 is 33.3 Å². The van der Waals surface area contributed by atoms with Crippen LogP contribution in [0.25, 0.3) is 0 Å². The van der Waals surface area contributed by atoms with E-state index in [0.29, 0.717) is 44.9 Å². The van der Waals surface area contributed by atoms with Gasteiger partial charge in [0.2, 0.25) is 0 Å². The number of nitrogens with two attached hydrogens (primary N) is 1. The second-order valence-electron chi connectivity index (χ2n) is 18.6. The minimum Gasteiger partial charge on any atom is -0.462 e. The SMILES string of the molecule is CCCCCC/C=C\CCCCCCCC(=O)OC[C@@H]1COP(=O)(O)OP(=O)(O)OC[C@H]2O[C@@H](n3ccc(N)nc3=O)[C@@H](CCCCCCC(=O)O1)[C@@H](O)C[C@@H](O)[C@H](/C=C\[C@@H](O)CCCCC)[C@H](O)[C@@H]2O. The van der Waals surface area contributed by atoms with Gasteiger partial charge in [-0.2, -0.15) is 9.29 Å². The summed E-state index contributed by atoms with van der Waals surface area (Å²) in [5, 5.41) is 57.4. The zero-order chi connectivity index (χ0) is 52.2. The van der Waals surface area contributed by atoms with Crippen molar-refractivity contribution in [2.45, 2.75) is 210 Å². The number of aliphatic hydroxyl groups excluding tert-OH is 5. The van der Waals surface area contributed by atoms with Crippen LogP contribution in [0.5, 0.6) is 0 Å². The van der Waals surface area contributed by atoms with Crippen LogP contribution in [-0.2, 0) is 46.3 Å². The van der Waals surface area contributed by atoms with E-state index in [4.69, 9.17) is 29.0 Å². The van der Waals surface area contributed by atoms with Crippen LogP contribution in [0.2, 0.25) is 0 Å². The van der Waals surface area contributed by atoms with Crippen LogP contribution in [0.4, 0.5) is 5.82 Å². The number of hydrogen-bond acceptors (Lipinski definition) is 18. The van der Waals surface area contributed by atoms with Crippen molar-refractivity contribution in [1.29, 1.82) is 0 Å². The van der Waals surface area contributed by atoms with E-state index in [0.717, 1.165) is 55.9 Å². The molecule has 3 rings (SSSR count). The van der Waals surface area contributed by atoms with Crippen LogP contribution in [0.3, 0.4) is 0 Å². The Morgan fingerprint density at radius 2 is 1.49 bits per heavy atom. The molecule has 2 aliphatic heterocycles. The van der Waals surface area contributed by atoms with Crippen molar-refractivity contribution in [2.24, 2.45) is 11.8 Å². The highest BCUT2D eigenvalue weighted by Gasteiger charge is 2.45. The fourth-order valence-electron chi connectivity index (χ4n) is 8.50. The second-order valence-corrected chi connectivity index (χ2v) is 21.7. The predicted octanol–water partition coefficient (Wildman–Crippen LogP) is 6.60. The zero-order valence-corrected chi connectivity index (χ0v) is 43.4. The van der Waals surface area contributed by atoms with Crippen molar-refractivity contribution in [3.8, 4) is 0 Å². The molecule has 2 saturated heterocycles. The number of phosphoric acid groups is 2. The smallest absolute Gasteiger partial charge is 0.462 e. The molecule has 1 aromatic heterocycles. The third-order valence-electron chi connectivity index (χ3n) is 12.6. The molecular weight excluding hydrogens is 968 g/mol. The molecule has 12 atom stereocenters. The number of cyclic esters (lactones) is 1. The largest absolute Gasteiger partial charge is 0.481 e. The molecule has 2 bridgehead atoms. The van der Waals surface area contributed by atoms with Gasteiger partial charge in [-0.05, 0) is 57.4 Å². The average molecular weight is 1050 g/mol. The van der Waals surface area contributed by atoms with Crippen LogP contribution in [0.15, 0.2) is 41.4 Å². The lowest BCUT2D eigenvalue weighted by Gasteiger charge is -2.41. The average Bonchev–Trinajstić information content (AvgIpc) is 3.30. The van der Waals surface area contributed by atoms with E-state index >= 15 is 0 Å². The van der Waals surface area contributed by atoms with Crippen LogP contribution in [-0.4, -0.2) is 119 Å². The summed E-state index contributed by atoms with van der Waals surface area (Å²) in [6.07, 6.45) is 10.7. The van der Waals surface area contributed by atoms with Gasteiger partial charge in [0.15, 0.2) is 6.10 Å². The number of nitrogens with zero attached hydrogens (tertiary/aromatic N) is 2. The molecule has 0 spiro atoms. The molecule has 0 aromatic carbocycles. The molecule has 0 radical (unpaired) electrons. The van der Waals surface area contributed by atoms with E-state index in [1.807, 2.05) is 6.92 Å². The summed E-state index contributed by atoms with van der Waals surface area (Å²) in [4.78, 5) is 64.1. The number of fused-ring (bicyclic) bond motifs is 3. The molecule has 2 aliphatic rings. The fourth-order valence-corrected chi connectivity index (χ4v) is 10.6. The van der Waals surface area contributed by atoms with E-state index in [2.05, 4.69) is 28.4 Å². The van der Waals surface area contributed by atoms with Gasteiger partial charge < -0.3 is 55.3 Å². The van der Waals surface area contributed by atoms with Gasteiger partial charge in [-0.1, -0.05) is 115 Å². The Balaban J connectivity index is 1.80. The third-order valence-corrected chi connectivity index (χ3v) is 15.2. The van der Waals surface area contributed by atoms with Crippen molar-refractivity contribution in [1.82, 2.24) is 9.55 Å². The zero-order valence-electron chi connectivity index (χ0n) is 41.6. The maximum Gasteiger partial charge on any atom is 0.481 e. The van der Waals surface area contributed by atoms with E-state index in [9.17, 15) is 58.8 Å². The number of aliphatic hydroxyl groups is 5. The Morgan fingerprint density at radius 3 is 2.18 bits per heavy atom. The highest BCUT2D eigenvalue weighted by atomic mass is 31.3. The number of rotatable bonds is 22. The molecule has 2 unspecified atom stereocenters. The van der Waals surface area contributed by atoms with Crippen molar-refractivity contribution < 1.29 is 81.6 Å². The summed E-state index contributed by atoms with van der Waals surface area (Å²) < 4.78 is 59.0. The van der Waals surface area contributed by atoms with E-state index in [1.165, 1.54) is 50.1 Å². The molecule has 21 nitrogen and oxygen atoms in total. The molecule has 0 saturated carbocycles. The number of carbonyl (C=O) groups excluding carboxylic acids is 2. The summed E-state index contributed by atoms with van der Waals surface area (Å²) in [6, 6.07) is 1.26. The molecule has 3 heterocycles. The fraction of sp³-hybridized carbons (Fsp3) is 0.792. The molecule has 1 aromatic rings. The molecule has 23 heteroatoms.